The summed E-state index contributed by atoms with van der Waals surface area (Å²) in [6.07, 6.45) is 0. The predicted octanol–water partition coefficient (Wildman–Crippen LogP) is 3.26. The van der Waals surface area contributed by atoms with Gasteiger partial charge < -0.3 is 0 Å². The minimum absolute atomic E-state index is 0.341. The van der Waals surface area contributed by atoms with Gasteiger partial charge in [0.05, 0.1) is 0 Å². The van der Waals surface area contributed by atoms with Crippen molar-refractivity contribution in [2.24, 2.45) is 0 Å². The standard InChI is InChI=1S/C10H12F2/c1-10(2,3)8-6-7(11)4-5-9(8)12/h4-6H,1-3H3. The molecule has 0 heterocycles. The van der Waals surface area contributed by atoms with Crippen LogP contribution in [0.4, 0.5) is 8.78 Å². The predicted molar refractivity (Wildman–Crippen MR) is 45.1 cm³/mol. The average molecular weight is 170 g/mol. The van der Waals surface area contributed by atoms with E-state index in [1.807, 2.05) is 20.8 Å². The summed E-state index contributed by atoms with van der Waals surface area (Å²) < 4.78 is 25.8. The SMILES string of the molecule is CC(C)(C)c1cc(F)ccc1F. The third-order valence-electron chi connectivity index (χ3n) is 1.74. The van der Waals surface area contributed by atoms with Crippen molar-refractivity contribution in [3.05, 3.63) is 35.4 Å². The fraction of sp³-hybridized carbons (Fsp3) is 0.400. The zero-order chi connectivity index (χ0) is 9.35. The van der Waals surface area contributed by atoms with Crippen LogP contribution in [0.1, 0.15) is 26.3 Å². The second-order valence-electron chi connectivity index (χ2n) is 3.87. The van der Waals surface area contributed by atoms with Crippen LogP contribution in [0.2, 0.25) is 0 Å². The lowest BCUT2D eigenvalue weighted by molar-refractivity contribution is 0.511. The van der Waals surface area contributed by atoms with Crippen molar-refractivity contribution in [2.75, 3.05) is 0 Å². The lowest BCUT2D eigenvalue weighted by atomic mass is 9.87. The van der Waals surface area contributed by atoms with E-state index in [2.05, 4.69) is 0 Å². The second kappa shape index (κ2) is 2.85. The summed E-state index contributed by atoms with van der Waals surface area (Å²) in [7, 11) is 0. The highest BCUT2D eigenvalue weighted by Gasteiger charge is 2.18. The molecule has 0 bridgehead atoms. The molecule has 0 aromatic heterocycles. The first kappa shape index (κ1) is 9.17. The molecule has 0 saturated carbocycles. The van der Waals surface area contributed by atoms with Gasteiger partial charge in [-0.1, -0.05) is 20.8 Å². The normalized spacial score (nSPS) is 11.8. The molecular formula is C10H12F2. The Labute approximate surface area is 71.2 Å². The molecule has 0 unspecified atom stereocenters. The number of benzene rings is 1. The molecular weight excluding hydrogens is 158 g/mol. The highest BCUT2D eigenvalue weighted by molar-refractivity contribution is 5.25. The lowest BCUT2D eigenvalue weighted by Gasteiger charge is -2.19. The lowest BCUT2D eigenvalue weighted by Crippen LogP contribution is -2.13. The molecule has 0 fully saturated rings. The van der Waals surface area contributed by atoms with Crippen molar-refractivity contribution >= 4 is 0 Å². The topological polar surface area (TPSA) is 0 Å². The molecule has 0 atom stereocenters. The Morgan fingerprint density at radius 1 is 1.08 bits per heavy atom. The van der Waals surface area contributed by atoms with Gasteiger partial charge in [0.2, 0.25) is 0 Å². The highest BCUT2D eigenvalue weighted by atomic mass is 19.1. The summed E-state index contributed by atoms with van der Waals surface area (Å²) in [5.74, 6) is -0.731. The van der Waals surface area contributed by atoms with E-state index in [1.165, 1.54) is 6.07 Å². The molecule has 0 aliphatic heterocycles. The molecule has 0 aliphatic rings. The van der Waals surface area contributed by atoms with Gasteiger partial charge in [0.25, 0.3) is 0 Å². The van der Waals surface area contributed by atoms with Crippen LogP contribution in [0.3, 0.4) is 0 Å². The molecule has 2 heteroatoms. The van der Waals surface area contributed by atoms with Crippen molar-refractivity contribution in [3.63, 3.8) is 0 Å². The summed E-state index contributed by atoms with van der Waals surface area (Å²) >= 11 is 0. The van der Waals surface area contributed by atoms with Crippen molar-refractivity contribution in [1.29, 1.82) is 0 Å². The van der Waals surface area contributed by atoms with Gasteiger partial charge in [0.1, 0.15) is 11.6 Å². The number of rotatable bonds is 0. The third-order valence-corrected chi connectivity index (χ3v) is 1.74. The molecule has 0 radical (unpaired) electrons. The van der Waals surface area contributed by atoms with Crippen LogP contribution >= 0.6 is 0 Å². The summed E-state index contributed by atoms with van der Waals surface area (Å²) in [5, 5.41) is 0. The van der Waals surface area contributed by atoms with Crippen molar-refractivity contribution < 1.29 is 8.78 Å². The van der Waals surface area contributed by atoms with Gasteiger partial charge in [-0.2, -0.15) is 0 Å². The maximum atomic E-state index is 13.1. The smallest absolute Gasteiger partial charge is 0.127 e. The van der Waals surface area contributed by atoms with Crippen molar-refractivity contribution in [3.8, 4) is 0 Å². The van der Waals surface area contributed by atoms with E-state index >= 15 is 0 Å². The maximum Gasteiger partial charge on any atom is 0.127 e. The monoisotopic (exact) mass is 170 g/mol. The maximum absolute atomic E-state index is 13.1. The summed E-state index contributed by atoms with van der Waals surface area (Å²) in [4.78, 5) is 0. The summed E-state index contributed by atoms with van der Waals surface area (Å²) in [6, 6.07) is 3.54. The van der Waals surface area contributed by atoms with E-state index in [1.54, 1.807) is 0 Å². The van der Waals surface area contributed by atoms with E-state index in [-0.39, 0.29) is 17.0 Å². The van der Waals surface area contributed by atoms with Gasteiger partial charge in [0.15, 0.2) is 0 Å². The number of hydrogen-bond acceptors (Lipinski definition) is 0. The van der Waals surface area contributed by atoms with Gasteiger partial charge in [-0.25, -0.2) is 8.78 Å². The van der Waals surface area contributed by atoms with Gasteiger partial charge in [0, 0.05) is 0 Å². The van der Waals surface area contributed by atoms with Crippen LogP contribution in [0.15, 0.2) is 18.2 Å². The van der Waals surface area contributed by atoms with Gasteiger partial charge >= 0.3 is 0 Å². The quantitative estimate of drug-likeness (QED) is 0.560. The molecule has 66 valence electrons. The summed E-state index contributed by atoms with van der Waals surface area (Å²) in [6.45, 7) is 5.56. The molecule has 1 rings (SSSR count). The second-order valence-corrected chi connectivity index (χ2v) is 3.87. The van der Waals surface area contributed by atoms with Crippen LogP contribution in [-0.2, 0) is 5.41 Å². The first-order valence-electron chi connectivity index (χ1n) is 3.87. The van der Waals surface area contributed by atoms with E-state index in [0.717, 1.165) is 12.1 Å². The largest absolute Gasteiger partial charge is 0.207 e. The number of halogens is 2. The van der Waals surface area contributed by atoms with Crippen LogP contribution in [0.5, 0.6) is 0 Å². The molecule has 0 amide bonds. The molecule has 0 spiro atoms. The molecule has 12 heavy (non-hydrogen) atoms. The Kier molecular flexibility index (Phi) is 2.18. The van der Waals surface area contributed by atoms with Crippen molar-refractivity contribution in [2.45, 2.75) is 26.2 Å². The molecule has 0 saturated heterocycles. The van der Waals surface area contributed by atoms with Crippen LogP contribution in [0.25, 0.3) is 0 Å². The van der Waals surface area contributed by atoms with Crippen LogP contribution in [0, 0.1) is 11.6 Å². The Balaban J connectivity index is 3.23. The van der Waals surface area contributed by atoms with E-state index in [9.17, 15) is 8.78 Å². The van der Waals surface area contributed by atoms with Crippen molar-refractivity contribution in [1.82, 2.24) is 0 Å². The zero-order valence-electron chi connectivity index (χ0n) is 7.49. The number of hydrogen-bond donors (Lipinski definition) is 0. The van der Waals surface area contributed by atoms with Crippen LogP contribution in [-0.4, -0.2) is 0 Å². The van der Waals surface area contributed by atoms with Gasteiger partial charge in [-0.05, 0) is 29.2 Å². The Morgan fingerprint density at radius 2 is 1.67 bits per heavy atom. The third kappa shape index (κ3) is 1.81. The fourth-order valence-electron chi connectivity index (χ4n) is 1.07. The zero-order valence-corrected chi connectivity index (χ0v) is 7.49. The Hall–Kier alpha value is -0.920. The Bertz CT molecular complexity index is 284. The first-order valence-corrected chi connectivity index (χ1v) is 3.87. The molecule has 1 aromatic carbocycles. The summed E-state index contributed by atoms with van der Waals surface area (Å²) in [5.41, 5.74) is 0.0779. The van der Waals surface area contributed by atoms with E-state index < -0.39 is 0 Å². The van der Waals surface area contributed by atoms with Gasteiger partial charge in [-0.15, -0.1) is 0 Å². The van der Waals surface area contributed by atoms with Gasteiger partial charge in [-0.3, -0.25) is 0 Å². The fourth-order valence-corrected chi connectivity index (χ4v) is 1.07. The highest BCUT2D eigenvalue weighted by Crippen LogP contribution is 2.25. The molecule has 0 aliphatic carbocycles. The van der Waals surface area contributed by atoms with E-state index in [0.29, 0.717) is 5.56 Å². The molecule has 0 N–H and O–H groups in total. The van der Waals surface area contributed by atoms with E-state index in [4.69, 9.17) is 0 Å². The van der Waals surface area contributed by atoms with Crippen LogP contribution < -0.4 is 0 Å². The molecule has 1 aromatic rings. The molecule has 0 nitrogen and oxygen atoms in total. The Morgan fingerprint density at radius 3 is 2.08 bits per heavy atom. The minimum Gasteiger partial charge on any atom is -0.207 e. The first-order chi connectivity index (χ1) is 5.41. The minimum atomic E-state index is -0.388. The average Bonchev–Trinajstić information content (AvgIpc) is 1.92.